The van der Waals surface area contributed by atoms with Gasteiger partial charge in [0.15, 0.2) is 0 Å². The Morgan fingerprint density at radius 3 is 2.39 bits per heavy atom. The lowest BCUT2D eigenvalue weighted by molar-refractivity contribution is -0.140. The monoisotopic (exact) mass is 456 g/mol. The largest absolute Gasteiger partial charge is 0.447 e. The summed E-state index contributed by atoms with van der Waals surface area (Å²) in [5, 5.41) is 11.2. The second kappa shape index (κ2) is 9.76. The summed E-state index contributed by atoms with van der Waals surface area (Å²) in [4.78, 5) is 0. The molecular weight excluding hydrogens is 404 g/mol. The molecule has 9 atom stereocenters. The van der Waals surface area contributed by atoms with E-state index in [9.17, 15) is 5.11 Å². The van der Waals surface area contributed by atoms with Gasteiger partial charge < -0.3 is 9.84 Å². The number of ether oxygens (including phenoxy) is 1. The van der Waals surface area contributed by atoms with Gasteiger partial charge in [0.25, 0.3) is 0 Å². The lowest BCUT2D eigenvalue weighted by Crippen LogP contribution is -2.55. The van der Waals surface area contributed by atoms with Crippen LogP contribution in [-0.2, 0) is 4.74 Å². The second-order valence-electron chi connectivity index (χ2n) is 13.6. The highest BCUT2D eigenvalue weighted by atomic mass is 16.5. The predicted octanol–water partition coefficient (Wildman–Crippen LogP) is 7.84. The van der Waals surface area contributed by atoms with Gasteiger partial charge in [-0.1, -0.05) is 53.9 Å². The first-order valence-electron chi connectivity index (χ1n) is 14.5. The number of rotatable bonds is 6. The van der Waals surface area contributed by atoms with Gasteiger partial charge in [0, 0.05) is 0 Å². The maximum absolute atomic E-state index is 11.2. The summed E-state index contributed by atoms with van der Waals surface area (Å²) in [6.07, 6.45) is 18.3. The fourth-order valence-corrected chi connectivity index (χ4v) is 9.59. The fraction of sp³-hybridized carbons (Fsp3) is 0.935. The smallest absolute Gasteiger partial charge is 0.129 e. The average molecular weight is 457 g/mol. The molecule has 4 aliphatic carbocycles. The van der Waals surface area contributed by atoms with Crippen LogP contribution >= 0.6 is 0 Å². The van der Waals surface area contributed by atoms with Crippen molar-refractivity contribution in [1.29, 1.82) is 0 Å². The van der Waals surface area contributed by atoms with E-state index in [0.717, 1.165) is 54.8 Å². The highest BCUT2D eigenvalue weighted by molar-refractivity contribution is 5.17. The van der Waals surface area contributed by atoms with E-state index in [0.29, 0.717) is 23.4 Å². The maximum Gasteiger partial charge on any atom is 0.129 e. The Balaban J connectivity index is 1.44. The van der Waals surface area contributed by atoms with Gasteiger partial charge in [-0.3, -0.25) is 0 Å². The fourth-order valence-electron chi connectivity index (χ4n) is 9.59. The van der Waals surface area contributed by atoms with Gasteiger partial charge in [-0.2, -0.15) is 0 Å². The SMILES string of the molecule is CCOC#CC1(O)CC[C@@]2(C)[C@@H](CC[C@@H]3[C@@H]2CC[C@]2(C)[C@@H]([C@H](C)CCCC(C)C)CC[C@@H]32)C1. The van der Waals surface area contributed by atoms with Crippen LogP contribution in [0, 0.1) is 64.3 Å². The molecule has 0 aromatic heterocycles. The van der Waals surface area contributed by atoms with Crippen molar-refractivity contribution in [1.82, 2.24) is 0 Å². The molecule has 0 heterocycles. The third-order valence-corrected chi connectivity index (χ3v) is 11.4. The number of hydrogen-bond acceptors (Lipinski definition) is 2. The molecule has 0 saturated heterocycles. The van der Waals surface area contributed by atoms with Gasteiger partial charge in [-0.25, -0.2) is 0 Å². The maximum atomic E-state index is 11.2. The number of fused-ring (bicyclic) bond motifs is 5. The highest BCUT2D eigenvalue weighted by Gasteiger charge is 2.61. The summed E-state index contributed by atoms with van der Waals surface area (Å²) in [6, 6.07) is 0. The van der Waals surface area contributed by atoms with Crippen molar-refractivity contribution in [2.24, 2.45) is 52.3 Å². The summed E-state index contributed by atoms with van der Waals surface area (Å²) in [5.74, 6) is 9.07. The van der Waals surface area contributed by atoms with Crippen molar-refractivity contribution < 1.29 is 9.84 Å². The van der Waals surface area contributed by atoms with Gasteiger partial charge in [-0.15, -0.1) is 0 Å². The lowest BCUT2D eigenvalue weighted by Gasteiger charge is -2.62. The van der Waals surface area contributed by atoms with Crippen molar-refractivity contribution in [3.8, 4) is 12.0 Å². The molecule has 0 spiro atoms. The van der Waals surface area contributed by atoms with Gasteiger partial charge in [0.05, 0.1) is 6.61 Å². The Kier molecular flexibility index (Phi) is 7.51. The Morgan fingerprint density at radius 2 is 1.67 bits per heavy atom. The zero-order valence-electron chi connectivity index (χ0n) is 22.6. The summed E-state index contributed by atoms with van der Waals surface area (Å²) in [5.41, 5.74) is 0.129. The molecule has 188 valence electrons. The van der Waals surface area contributed by atoms with Crippen LogP contribution in [0.2, 0.25) is 0 Å². The summed E-state index contributed by atoms with van der Waals surface area (Å²) < 4.78 is 5.25. The summed E-state index contributed by atoms with van der Waals surface area (Å²) >= 11 is 0. The van der Waals surface area contributed by atoms with E-state index < -0.39 is 5.60 Å². The van der Waals surface area contributed by atoms with Gasteiger partial charge >= 0.3 is 0 Å². The van der Waals surface area contributed by atoms with Crippen molar-refractivity contribution in [3.63, 3.8) is 0 Å². The zero-order chi connectivity index (χ0) is 23.9. The van der Waals surface area contributed by atoms with E-state index in [1.807, 2.05) is 6.92 Å². The topological polar surface area (TPSA) is 29.5 Å². The Labute approximate surface area is 205 Å². The molecule has 0 aromatic rings. The first-order chi connectivity index (χ1) is 15.6. The van der Waals surface area contributed by atoms with E-state index in [2.05, 4.69) is 46.6 Å². The van der Waals surface area contributed by atoms with Gasteiger partial charge in [-0.05, 0) is 123 Å². The van der Waals surface area contributed by atoms with E-state index in [-0.39, 0.29) is 0 Å². The summed E-state index contributed by atoms with van der Waals surface area (Å²) in [6.45, 7) is 15.1. The number of hydrogen-bond donors (Lipinski definition) is 1. The van der Waals surface area contributed by atoms with Crippen LogP contribution in [-0.4, -0.2) is 17.3 Å². The Hall–Kier alpha value is -0.680. The van der Waals surface area contributed by atoms with E-state index in [1.165, 1.54) is 57.8 Å². The molecule has 2 heteroatoms. The second-order valence-corrected chi connectivity index (χ2v) is 13.6. The molecule has 4 saturated carbocycles. The molecule has 4 aliphatic rings. The molecule has 4 fully saturated rings. The van der Waals surface area contributed by atoms with Crippen LogP contribution in [0.4, 0.5) is 0 Å². The first kappa shape index (κ1) is 25.4. The van der Waals surface area contributed by atoms with E-state index in [4.69, 9.17) is 4.74 Å². The predicted molar refractivity (Wildman–Crippen MR) is 137 cm³/mol. The van der Waals surface area contributed by atoms with E-state index in [1.54, 1.807) is 0 Å². The van der Waals surface area contributed by atoms with Crippen molar-refractivity contribution in [2.45, 2.75) is 124 Å². The molecule has 0 amide bonds. The third kappa shape index (κ3) is 4.75. The molecule has 1 unspecified atom stereocenters. The molecule has 2 nitrogen and oxygen atoms in total. The molecule has 4 rings (SSSR count). The quantitative estimate of drug-likeness (QED) is 0.413. The van der Waals surface area contributed by atoms with Crippen LogP contribution in [0.5, 0.6) is 0 Å². The normalized spacial score (nSPS) is 45.4. The lowest BCUT2D eigenvalue weighted by atomic mass is 9.43. The zero-order valence-corrected chi connectivity index (χ0v) is 22.6. The minimum absolute atomic E-state index is 0.394. The molecule has 1 N–H and O–H groups in total. The molecule has 0 bridgehead atoms. The van der Waals surface area contributed by atoms with Crippen LogP contribution < -0.4 is 0 Å². The van der Waals surface area contributed by atoms with Gasteiger partial charge in [0.1, 0.15) is 11.7 Å². The highest BCUT2D eigenvalue weighted by Crippen LogP contribution is 2.68. The Morgan fingerprint density at radius 1 is 0.909 bits per heavy atom. The standard InChI is InChI=1S/C31H52O2/c1-7-33-20-19-31(32)18-17-29(5)24(21-31)11-12-25-27-14-13-26(23(4)10-8-9-22(2)3)30(27,6)16-15-28(25)29/h22-28,32H,7-18,21H2,1-6H3/t23-,24+,25+,26-,27+,28+,29+,30-,31?/m1/s1. The Bertz CT molecular complexity index is 733. The van der Waals surface area contributed by atoms with Crippen LogP contribution in [0.25, 0.3) is 0 Å². The molecule has 33 heavy (non-hydrogen) atoms. The molecular formula is C31H52O2. The molecule has 0 aliphatic heterocycles. The van der Waals surface area contributed by atoms with Crippen molar-refractivity contribution >= 4 is 0 Å². The minimum atomic E-state index is -0.834. The average Bonchev–Trinajstić information content (AvgIpc) is 3.11. The van der Waals surface area contributed by atoms with Crippen LogP contribution in [0.15, 0.2) is 0 Å². The van der Waals surface area contributed by atoms with Gasteiger partial charge in [0.2, 0.25) is 0 Å². The van der Waals surface area contributed by atoms with E-state index >= 15 is 0 Å². The third-order valence-electron chi connectivity index (χ3n) is 11.4. The molecule has 0 radical (unpaired) electrons. The first-order valence-corrected chi connectivity index (χ1v) is 14.5. The van der Waals surface area contributed by atoms with Crippen molar-refractivity contribution in [3.05, 3.63) is 0 Å². The summed E-state index contributed by atoms with van der Waals surface area (Å²) in [7, 11) is 0. The van der Waals surface area contributed by atoms with Crippen molar-refractivity contribution in [2.75, 3.05) is 6.61 Å². The minimum Gasteiger partial charge on any atom is -0.447 e. The van der Waals surface area contributed by atoms with Crippen LogP contribution in [0.3, 0.4) is 0 Å². The number of aliphatic hydroxyl groups is 1. The van der Waals surface area contributed by atoms with Crippen LogP contribution in [0.1, 0.15) is 119 Å². The molecule has 0 aromatic carbocycles.